The Balaban J connectivity index is 1.50. The summed E-state index contributed by atoms with van der Waals surface area (Å²) in [6.45, 7) is 1.25. The monoisotopic (exact) mass is 478 g/mol. The van der Waals surface area contributed by atoms with E-state index in [0.717, 1.165) is 23.3 Å². The summed E-state index contributed by atoms with van der Waals surface area (Å²) in [4.78, 5) is 33.8. The molecule has 2 amide bonds. The summed E-state index contributed by atoms with van der Waals surface area (Å²) in [6, 6.07) is 11.2. The van der Waals surface area contributed by atoms with Crippen molar-refractivity contribution < 1.29 is 23.1 Å². The summed E-state index contributed by atoms with van der Waals surface area (Å²) in [5, 5.41) is 5.63. The van der Waals surface area contributed by atoms with Crippen LogP contribution in [0.25, 0.3) is 11.4 Å². The Morgan fingerprint density at radius 2 is 1.74 bits per heavy atom. The lowest BCUT2D eigenvalue weighted by atomic mass is 9.76. The van der Waals surface area contributed by atoms with E-state index in [4.69, 9.17) is 4.74 Å². The number of nitrogens with one attached hydrogen (secondary N) is 2. The molecular formula is C26H24F2N4O3. The third-order valence-corrected chi connectivity index (χ3v) is 6.77. The normalized spacial score (nSPS) is 18.9. The molecule has 0 spiro atoms. The van der Waals surface area contributed by atoms with Crippen molar-refractivity contribution >= 4 is 11.8 Å². The van der Waals surface area contributed by atoms with Crippen molar-refractivity contribution in [3.05, 3.63) is 82.2 Å². The van der Waals surface area contributed by atoms with Gasteiger partial charge in [0, 0.05) is 26.7 Å². The average molecular weight is 478 g/mol. The van der Waals surface area contributed by atoms with Gasteiger partial charge < -0.3 is 15.4 Å². The lowest BCUT2D eigenvalue weighted by Crippen LogP contribution is -2.36. The maximum absolute atomic E-state index is 14.4. The summed E-state index contributed by atoms with van der Waals surface area (Å²) >= 11 is 0. The van der Waals surface area contributed by atoms with Crippen LogP contribution in [0, 0.1) is 11.6 Å². The van der Waals surface area contributed by atoms with Gasteiger partial charge in [-0.1, -0.05) is 30.3 Å². The van der Waals surface area contributed by atoms with E-state index < -0.39 is 17.0 Å². The fourth-order valence-electron chi connectivity index (χ4n) is 4.89. The zero-order valence-corrected chi connectivity index (χ0v) is 19.2. The Bertz CT molecular complexity index is 1290. The van der Waals surface area contributed by atoms with E-state index in [0.29, 0.717) is 42.9 Å². The van der Waals surface area contributed by atoms with Crippen LogP contribution in [0.15, 0.2) is 42.5 Å². The van der Waals surface area contributed by atoms with Gasteiger partial charge in [0.2, 0.25) is 5.91 Å². The molecule has 2 aliphatic rings. The third kappa shape index (κ3) is 4.05. The molecule has 1 unspecified atom stereocenters. The molecule has 0 radical (unpaired) electrons. The zero-order valence-electron chi connectivity index (χ0n) is 19.2. The van der Waals surface area contributed by atoms with E-state index in [-0.39, 0.29) is 36.2 Å². The largest absolute Gasteiger partial charge is 0.385 e. The zero-order chi connectivity index (χ0) is 24.6. The standard InChI is InChI=1S/C26H24F2N4O3/c1-35-12-10-26(9-11-29-25(26)34)16-7-5-15(6-8-16)13-19-22-20(14-30-24(22)33)32-23(31-19)21-17(27)3-2-4-18(21)28/h2-8H,9-14H2,1H3,(H,29,34)(H,30,33). The molecule has 7 nitrogen and oxygen atoms in total. The molecule has 1 fully saturated rings. The minimum atomic E-state index is -0.770. The average Bonchev–Trinajstić information content (AvgIpc) is 3.41. The molecule has 35 heavy (non-hydrogen) atoms. The summed E-state index contributed by atoms with van der Waals surface area (Å²) in [6.07, 6.45) is 1.52. The van der Waals surface area contributed by atoms with Crippen molar-refractivity contribution in [2.24, 2.45) is 0 Å². The van der Waals surface area contributed by atoms with Gasteiger partial charge in [-0.05, 0) is 36.1 Å². The van der Waals surface area contributed by atoms with Gasteiger partial charge in [0.05, 0.1) is 34.5 Å². The lowest BCUT2D eigenvalue weighted by Gasteiger charge is -2.26. The molecule has 3 aromatic rings. The van der Waals surface area contributed by atoms with Crippen LogP contribution in [0.2, 0.25) is 0 Å². The highest BCUT2D eigenvalue weighted by Crippen LogP contribution is 2.36. The van der Waals surface area contributed by atoms with E-state index in [1.165, 1.54) is 6.07 Å². The first kappa shape index (κ1) is 23.0. The van der Waals surface area contributed by atoms with Crippen LogP contribution in [0.5, 0.6) is 0 Å². The molecule has 9 heteroatoms. The van der Waals surface area contributed by atoms with Crippen LogP contribution in [0.4, 0.5) is 8.78 Å². The minimum Gasteiger partial charge on any atom is -0.385 e. The van der Waals surface area contributed by atoms with Crippen LogP contribution < -0.4 is 10.6 Å². The van der Waals surface area contributed by atoms with Gasteiger partial charge >= 0.3 is 0 Å². The molecule has 180 valence electrons. The molecule has 2 aromatic carbocycles. The summed E-state index contributed by atoms with van der Waals surface area (Å²) in [5.41, 5.74) is 1.92. The van der Waals surface area contributed by atoms with E-state index in [2.05, 4.69) is 20.6 Å². The number of amides is 2. The van der Waals surface area contributed by atoms with Crippen molar-refractivity contribution in [2.75, 3.05) is 20.3 Å². The fourth-order valence-corrected chi connectivity index (χ4v) is 4.89. The van der Waals surface area contributed by atoms with Crippen LogP contribution >= 0.6 is 0 Å². The molecule has 1 saturated heterocycles. The number of ether oxygens (including phenoxy) is 1. The molecule has 0 saturated carbocycles. The minimum absolute atomic E-state index is 0.0100. The van der Waals surface area contributed by atoms with Gasteiger partial charge in [-0.15, -0.1) is 0 Å². The molecule has 0 aliphatic carbocycles. The second-order valence-corrected chi connectivity index (χ2v) is 8.80. The number of benzene rings is 2. The Morgan fingerprint density at radius 1 is 1.00 bits per heavy atom. The Labute approximate surface area is 200 Å². The number of halogens is 2. The van der Waals surface area contributed by atoms with Crippen molar-refractivity contribution in [2.45, 2.75) is 31.2 Å². The predicted molar refractivity (Wildman–Crippen MR) is 124 cm³/mol. The first-order chi connectivity index (χ1) is 16.9. The number of rotatable bonds is 7. The highest BCUT2D eigenvalue weighted by atomic mass is 19.1. The Kier molecular flexibility index (Phi) is 6.02. The summed E-state index contributed by atoms with van der Waals surface area (Å²) in [7, 11) is 1.61. The molecule has 1 atom stereocenters. The number of aromatic nitrogens is 2. The smallest absolute Gasteiger partial charge is 0.255 e. The van der Waals surface area contributed by atoms with Crippen LogP contribution in [-0.2, 0) is 27.9 Å². The van der Waals surface area contributed by atoms with Gasteiger partial charge in [-0.25, -0.2) is 18.7 Å². The van der Waals surface area contributed by atoms with Gasteiger partial charge in [0.15, 0.2) is 5.82 Å². The van der Waals surface area contributed by atoms with Crippen molar-refractivity contribution in [1.29, 1.82) is 0 Å². The maximum Gasteiger partial charge on any atom is 0.255 e. The molecule has 3 heterocycles. The lowest BCUT2D eigenvalue weighted by molar-refractivity contribution is -0.124. The molecular weight excluding hydrogens is 454 g/mol. The predicted octanol–water partition coefficient (Wildman–Crippen LogP) is 3.05. The number of nitrogens with zero attached hydrogens (tertiary/aromatic N) is 2. The molecule has 2 aliphatic heterocycles. The number of fused-ring (bicyclic) bond motifs is 1. The molecule has 0 bridgehead atoms. The summed E-state index contributed by atoms with van der Waals surface area (Å²) in [5.74, 6) is -1.96. The fraction of sp³-hybridized carbons (Fsp3) is 0.308. The highest BCUT2D eigenvalue weighted by molar-refractivity contribution is 5.99. The van der Waals surface area contributed by atoms with E-state index in [1.54, 1.807) is 7.11 Å². The van der Waals surface area contributed by atoms with Crippen molar-refractivity contribution in [1.82, 2.24) is 20.6 Å². The molecule has 5 rings (SSSR count). The van der Waals surface area contributed by atoms with Crippen LogP contribution in [-0.4, -0.2) is 42.0 Å². The van der Waals surface area contributed by atoms with E-state index >= 15 is 0 Å². The topological polar surface area (TPSA) is 93.2 Å². The second kappa shape index (κ2) is 9.14. The van der Waals surface area contributed by atoms with E-state index in [1.807, 2.05) is 24.3 Å². The number of hydrogen-bond acceptors (Lipinski definition) is 5. The van der Waals surface area contributed by atoms with Crippen molar-refractivity contribution in [3.63, 3.8) is 0 Å². The van der Waals surface area contributed by atoms with Crippen LogP contribution in [0.3, 0.4) is 0 Å². The number of hydrogen-bond donors (Lipinski definition) is 2. The number of methoxy groups -OCH3 is 1. The van der Waals surface area contributed by atoms with Gasteiger partial charge in [-0.2, -0.15) is 0 Å². The van der Waals surface area contributed by atoms with E-state index in [9.17, 15) is 18.4 Å². The van der Waals surface area contributed by atoms with Crippen LogP contribution in [0.1, 0.15) is 45.7 Å². The second-order valence-electron chi connectivity index (χ2n) is 8.80. The SMILES string of the molecule is COCCC1(c2ccc(Cc3nc(-c4c(F)cccc4F)nc4c3C(=O)NC4)cc2)CCNC1=O. The summed E-state index contributed by atoms with van der Waals surface area (Å²) < 4.78 is 34.1. The third-order valence-electron chi connectivity index (χ3n) is 6.77. The van der Waals surface area contributed by atoms with Gasteiger partial charge in [0.25, 0.3) is 5.91 Å². The molecule has 1 aromatic heterocycles. The van der Waals surface area contributed by atoms with Gasteiger partial charge in [0.1, 0.15) is 11.6 Å². The number of carbonyl (C=O) groups is 2. The maximum atomic E-state index is 14.4. The quantitative estimate of drug-likeness (QED) is 0.545. The number of carbonyl (C=O) groups excluding carboxylic acids is 2. The Hall–Kier alpha value is -3.72. The first-order valence-corrected chi connectivity index (χ1v) is 11.4. The molecule has 2 N–H and O–H groups in total. The highest BCUT2D eigenvalue weighted by Gasteiger charge is 2.43. The van der Waals surface area contributed by atoms with Gasteiger partial charge in [-0.3, -0.25) is 9.59 Å². The first-order valence-electron chi connectivity index (χ1n) is 11.4. The Morgan fingerprint density at radius 3 is 2.40 bits per heavy atom. The van der Waals surface area contributed by atoms with Crippen molar-refractivity contribution in [3.8, 4) is 11.4 Å².